The van der Waals surface area contributed by atoms with Crippen molar-refractivity contribution >= 4 is 11.6 Å². The number of hydrogen-bond donors (Lipinski definition) is 3. The molecule has 4 N–H and O–H groups in total. The zero-order valence-corrected chi connectivity index (χ0v) is 12.1. The first-order valence-corrected chi connectivity index (χ1v) is 6.57. The van der Waals surface area contributed by atoms with Crippen LogP contribution < -0.4 is 11.1 Å². The minimum Gasteiger partial charge on any atom is -0.399 e. The van der Waals surface area contributed by atoms with Crippen LogP contribution in [0, 0.1) is 5.92 Å². The molecule has 0 aliphatic carbocycles. The van der Waals surface area contributed by atoms with Gasteiger partial charge in [0.05, 0.1) is 18.1 Å². The van der Waals surface area contributed by atoms with Crippen LogP contribution in [0.15, 0.2) is 24.3 Å². The summed E-state index contributed by atoms with van der Waals surface area (Å²) in [5, 5.41) is 12.2. The zero-order valence-electron chi connectivity index (χ0n) is 12.1. The Morgan fingerprint density at radius 2 is 1.84 bits per heavy atom. The van der Waals surface area contributed by atoms with Crippen molar-refractivity contribution in [3.05, 3.63) is 29.8 Å². The Hall–Kier alpha value is -1.55. The van der Waals surface area contributed by atoms with E-state index >= 15 is 0 Å². The van der Waals surface area contributed by atoms with Gasteiger partial charge in [-0.3, -0.25) is 4.79 Å². The molecule has 0 fully saturated rings. The number of carbonyl (C=O) groups excluding carboxylic acids is 1. The maximum absolute atomic E-state index is 12.4. The van der Waals surface area contributed by atoms with Crippen molar-refractivity contribution in [2.75, 3.05) is 12.3 Å². The van der Waals surface area contributed by atoms with Gasteiger partial charge in [-0.05, 0) is 37.5 Å². The standard InChI is InChI=1S/C15H24N2O2/c1-10(2)13(9-18)17-14(19)15(3,4)11-5-7-12(16)8-6-11/h5-8,10,13,18H,9,16H2,1-4H3,(H,17,19). The van der Waals surface area contributed by atoms with Gasteiger partial charge in [0.2, 0.25) is 5.91 Å². The molecule has 1 unspecified atom stereocenters. The number of anilines is 1. The highest BCUT2D eigenvalue weighted by Crippen LogP contribution is 2.24. The fourth-order valence-corrected chi connectivity index (χ4v) is 1.80. The second-order valence-electron chi connectivity index (χ2n) is 5.75. The highest BCUT2D eigenvalue weighted by atomic mass is 16.3. The van der Waals surface area contributed by atoms with Gasteiger partial charge < -0.3 is 16.2 Å². The maximum Gasteiger partial charge on any atom is 0.230 e. The fourth-order valence-electron chi connectivity index (χ4n) is 1.80. The van der Waals surface area contributed by atoms with E-state index in [4.69, 9.17) is 5.73 Å². The molecule has 1 aromatic carbocycles. The predicted octanol–water partition coefficient (Wildman–Crippen LogP) is 1.68. The van der Waals surface area contributed by atoms with E-state index in [1.165, 1.54) is 0 Å². The zero-order chi connectivity index (χ0) is 14.6. The molecule has 0 bridgehead atoms. The van der Waals surface area contributed by atoms with Crippen molar-refractivity contribution in [3.8, 4) is 0 Å². The summed E-state index contributed by atoms with van der Waals surface area (Å²) in [5.41, 5.74) is 6.58. The van der Waals surface area contributed by atoms with Gasteiger partial charge in [0.15, 0.2) is 0 Å². The SMILES string of the molecule is CC(C)C(CO)NC(=O)C(C)(C)c1ccc(N)cc1. The van der Waals surface area contributed by atoms with Gasteiger partial charge in [0.25, 0.3) is 0 Å². The summed E-state index contributed by atoms with van der Waals surface area (Å²) in [6, 6.07) is 7.07. The van der Waals surface area contributed by atoms with Crippen molar-refractivity contribution in [1.29, 1.82) is 0 Å². The monoisotopic (exact) mass is 264 g/mol. The van der Waals surface area contributed by atoms with Crippen LogP contribution >= 0.6 is 0 Å². The number of aliphatic hydroxyl groups is 1. The molecule has 1 atom stereocenters. The number of carbonyl (C=O) groups is 1. The molecule has 0 heterocycles. The lowest BCUT2D eigenvalue weighted by Crippen LogP contribution is -2.48. The Bertz CT molecular complexity index is 424. The Balaban J connectivity index is 2.87. The number of aliphatic hydroxyl groups excluding tert-OH is 1. The average Bonchev–Trinajstić information content (AvgIpc) is 2.35. The molecule has 4 nitrogen and oxygen atoms in total. The molecule has 0 aromatic heterocycles. The van der Waals surface area contributed by atoms with E-state index in [1.54, 1.807) is 12.1 Å². The molecule has 1 rings (SSSR count). The second kappa shape index (κ2) is 6.06. The van der Waals surface area contributed by atoms with Gasteiger partial charge in [0.1, 0.15) is 0 Å². The van der Waals surface area contributed by atoms with Crippen molar-refractivity contribution in [3.63, 3.8) is 0 Å². The minimum atomic E-state index is -0.657. The summed E-state index contributed by atoms with van der Waals surface area (Å²) < 4.78 is 0. The summed E-state index contributed by atoms with van der Waals surface area (Å²) in [7, 11) is 0. The largest absolute Gasteiger partial charge is 0.399 e. The molecule has 0 spiro atoms. The summed E-state index contributed by atoms with van der Waals surface area (Å²) >= 11 is 0. The molecule has 1 amide bonds. The molecule has 0 saturated heterocycles. The second-order valence-corrected chi connectivity index (χ2v) is 5.75. The third kappa shape index (κ3) is 3.70. The first kappa shape index (κ1) is 15.5. The van der Waals surface area contributed by atoms with Crippen molar-refractivity contribution in [2.45, 2.75) is 39.2 Å². The van der Waals surface area contributed by atoms with E-state index in [2.05, 4.69) is 5.32 Å². The van der Waals surface area contributed by atoms with Crippen LogP contribution in [-0.2, 0) is 10.2 Å². The lowest BCUT2D eigenvalue weighted by Gasteiger charge is -2.28. The van der Waals surface area contributed by atoms with Gasteiger partial charge in [-0.15, -0.1) is 0 Å². The molecule has 4 heteroatoms. The lowest BCUT2D eigenvalue weighted by atomic mass is 9.83. The van der Waals surface area contributed by atoms with E-state index in [1.807, 2.05) is 39.8 Å². The van der Waals surface area contributed by atoms with Crippen LogP contribution in [0.2, 0.25) is 0 Å². The fraction of sp³-hybridized carbons (Fsp3) is 0.533. The van der Waals surface area contributed by atoms with E-state index < -0.39 is 5.41 Å². The molecule has 0 radical (unpaired) electrons. The molecular weight excluding hydrogens is 240 g/mol. The van der Waals surface area contributed by atoms with Crippen molar-refractivity contribution < 1.29 is 9.90 Å². The average molecular weight is 264 g/mol. The summed E-state index contributed by atoms with van der Waals surface area (Å²) in [6.45, 7) is 7.61. The van der Waals surface area contributed by atoms with Gasteiger partial charge in [-0.1, -0.05) is 26.0 Å². The van der Waals surface area contributed by atoms with E-state index in [-0.39, 0.29) is 24.5 Å². The van der Waals surface area contributed by atoms with Crippen LogP contribution in [0.25, 0.3) is 0 Å². The van der Waals surface area contributed by atoms with Gasteiger partial charge in [-0.2, -0.15) is 0 Å². The first-order chi connectivity index (χ1) is 8.78. The van der Waals surface area contributed by atoms with Crippen LogP contribution in [0.3, 0.4) is 0 Å². The Kier molecular flexibility index (Phi) is 4.95. The Morgan fingerprint density at radius 1 is 1.32 bits per heavy atom. The summed E-state index contributed by atoms with van der Waals surface area (Å²) in [6.07, 6.45) is 0. The number of hydrogen-bond acceptors (Lipinski definition) is 3. The topological polar surface area (TPSA) is 75.3 Å². The van der Waals surface area contributed by atoms with Gasteiger partial charge in [-0.25, -0.2) is 0 Å². The molecule has 1 aromatic rings. The summed E-state index contributed by atoms with van der Waals surface area (Å²) in [4.78, 5) is 12.4. The highest BCUT2D eigenvalue weighted by molar-refractivity contribution is 5.87. The summed E-state index contributed by atoms with van der Waals surface area (Å²) in [5.74, 6) is 0.0983. The van der Waals surface area contributed by atoms with E-state index in [9.17, 15) is 9.90 Å². The molecule has 19 heavy (non-hydrogen) atoms. The third-order valence-corrected chi connectivity index (χ3v) is 3.52. The Labute approximate surface area is 115 Å². The number of nitrogens with one attached hydrogen (secondary N) is 1. The molecule has 0 aliphatic heterocycles. The van der Waals surface area contributed by atoms with Crippen LogP contribution in [-0.4, -0.2) is 23.7 Å². The van der Waals surface area contributed by atoms with Gasteiger partial charge >= 0.3 is 0 Å². The first-order valence-electron chi connectivity index (χ1n) is 6.57. The van der Waals surface area contributed by atoms with Crippen LogP contribution in [0.1, 0.15) is 33.3 Å². The molecule has 0 saturated carbocycles. The van der Waals surface area contributed by atoms with Crippen molar-refractivity contribution in [2.24, 2.45) is 5.92 Å². The van der Waals surface area contributed by atoms with Crippen LogP contribution in [0.5, 0.6) is 0 Å². The van der Waals surface area contributed by atoms with Crippen molar-refractivity contribution in [1.82, 2.24) is 5.32 Å². The third-order valence-electron chi connectivity index (χ3n) is 3.52. The highest BCUT2D eigenvalue weighted by Gasteiger charge is 2.31. The Morgan fingerprint density at radius 3 is 2.26 bits per heavy atom. The predicted molar refractivity (Wildman–Crippen MR) is 77.7 cm³/mol. The quantitative estimate of drug-likeness (QED) is 0.708. The van der Waals surface area contributed by atoms with E-state index in [0.717, 1.165) is 5.56 Å². The number of nitrogens with two attached hydrogens (primary N) is 1. The molecule has 0 aliphatic rings. The normalized spacial score (nSPS) is 13.4. The maximum atomic E-state index is 12.4. The van der Waals surface area contributed by atoms with E-state index in [0.29, 0.717) is 5.69 Å². The lowest BCUT2D eigenvalue weighted by molar-refractivity contribution is -0.127. The molecular formula is C15H24N2O2. The smallest absolute Gasteiger partial charge is 0.230 e. The van der Waals surface area contributed by atoms with Crippen LogP contribution in [0.4, 0.5) is 5.69 Å². The number of rotatable bonds is 5. The molecule has 106 valence electrons. The number of benzene rings is 1. The number of amides is 1. The minimum absolute atomic E-state index is 0.0543. The van der Waals surface area contributed by atoms with Gasteiger partial charge in [0, 0.05) is 5.69 Å². The number of nitrogen functional groups attached to an aromatic ring is 1.